The van der Waals surface area contributed by atoms with E-state index in [-0.39, 0.29) is 11.7 Å². The monoisotopic (exact) mass is 342 g/mol. The van der Waals surface area contributed by atoms with Gasteiger partial charge in [-0.2, -0.15) is 0 Å². The topological polar surface area (TPSA) is 49.4 Å². The summed E-state index contributed by atoms with van der Waals surface area (Å²) in [6.07, 6.45) is 1.42. The molecule has 1 heterocycles. The molecule has 0 unspecified atom stereocenters. The highest BCUT2D eigenvalue weighted by Gasteiger charge is 2.25. The van der Waals surface area contributed by atoms with Gasteiger partial charge in [-0.1, -0.05) is 60.7 Å². The maximum absolute atomic E-state index is 12.8. The van der Waals surface area contributed by atoms with Gasteiger partial charge in [-0.15, -0.1) is 0 Å². The van der Waals surface area contributed by atoms with E-state index >= 15 is 0 Å². The molecule has 0 atom stereocenters. The highest BCUT2D eigenvalue weighted by molar-refractivity contribution is 6.17. The highest BCUT2D eigenvalue weighted by Crippen LogP contribution is 2.21. The Morgan fingerprint density at radius 2 is 1.65 bits per heavy atom. The van der Waals surface area contributed by atoms with Crippen molar-refractivity contribution in [1.29, 1.82) is 0 Å². The number of rotatable bonds is 3. The number of fused-ring (bicyclic) bond motifs is 1. The van der Waals surface area contributed by atoms with Crippen LogP contribution in [0, 0.1) is 0 Å². The first-order valence-electron chi connectivity index (χ1n) is 8.58. The number of allylic oxidation sites excluding steroid dienone is 1. The molecule has 1 amide bonds. The summed E-state index contributed by atoms with van der Waals surface area (Å²) in [6, 6.07) is 22.9. The minimum Gasteiger partial charge on any atom is -0.379 e. The Bertz CT molecular complexity index is 1000. The van der Waals surface area contributed by atoms with Gasteiger partial charge in [0.15, 0.2) is 5.78 Å². The van der Waals surface area contributed by atoms with Crippen molar-refractivity contribution < 1.29 is 9.59 Å². The lowest BCUT2D eigenvalue weighted by atomic mass is 10.0. The zero-order chi connectivity index (χ0) is 17.9. The van der Waals surface area contributed by atoms with E-state index in [0.717, 1.165) is 16.5 Å². The third kappa shape index (κ3) is 2.97. The number of benzene rings is 3. The fourth-order valence-corrected chi connectivity index (χ4v) is 3.24. The van der Waals surface area contributed by atoms with Crippen molar-refractivity contribution in [1.82, 2.24) is 5.32 Å². The van der Waals surface area contributed by atoms with Gasteiger partial charge in [-0.05, 0) is 22.9 Å². The molecule has 0 saturated carbocycles. The van der Waals surface area contributed by atoms with Crippen LogP contribution < -0.4 is 10.2 Å². The number of carbonyl (C=O) groups excluding carboxylic acids is 2. The van der Waals surface area contributed by atoms with Crippen LogP contribution in [0.15, 0.2) is 84.6 Å². The largest absolute Gasteiger partial charge is 0.379 e. The van der Waals surface area contributed by atoms with Crippen LogP contribution in [0.4, 0.5) is 5.69 Å². The number of hydrogen-bond donors (Lipinski definition) is 1. The number of amides is 1. The predicted molar refractivity (Wildman–Crippen MR) is 103 cm³/mol. The second-order valence-electron chi connectivity index (χ2n) is 6.17. The lowest BCUT2D eigenvalue weighted by Gasteiger charge is -2.29. The summed E-state index contributed by atoms with van der Waals surface area (Å²) in [5, 5.41) is 4.96. The molecule has 0 spiro atoms. The Hall–Kier alpha value is -3.40. The molecule has 0 aromatic heterocycles. The standard InChI is InChI=1S/C22H18N2O2/c25-21(19-12-6-8-16-7-4-5-11-18(16)19)15-20-22(26)24(14-13-23-20)17-9-2-1-3-10-17/h1-12,15,23H,13-14H2. The first-order valence-corrected chi connectivity index (χ1v) is 8.58. The number of hydrogen-bond acceptors (Lipinski definition) is 3. The van der Waals surface area contributed by atoms with Crippen LogP contribution in [0.2, 0.25) is 0 Å². The molecular weight excluding hydrogens is 324 g/mol. The van der Waals surface area contributed by atoms with Gasteiger partial charge < -0.3 is 10.2 Å². The molecule has 1 fully saturated rings. The van der Waals surface area contributed by atoms with Gasteiger partial charge in [0.05, 0.1) is 0 Å². The van der Waals surface area contributed by atoms with E-state index in [0.29, 0.717) is 24.4 Å². The summed E-state index contributed by atoms with van der Waals surface area (Å²) >= 11 is 0. The number of nitrogens with one attached hydrogen (secondary N) is 1. The SMILES string of the molecule is O=C(C=C1NCCN(c2ccccc2)C1=O)c1cccc2ccccc12. The van der Waals surface area contributed by atoms with Crippen LogP contribution in [0.5, 0.6) is 0 Å². The molecule has 4 rings (SSSR count). The summed E-state index contributed by atoms with van der Waals surface area (Å²) in [6.45, 7) is 1.18. The van der Waals surface area contributed by atoms with Crippen molar-refractivity contribution in [2.24, 2.45) is 0 Å². The third-order valence-electron chi connectivity index (χ3n) is 4.52. The van der Waals surface area contributed by atoms with Gasteiger partial charge in [-0.25, -0.2) is 0 Å². The minimum absolute atomic E-state index is 0.174. The normalized spacial score (nSPS) is 15.9. The Kier molecular flexibility index (Phi) is 4.23. The Morgan fingerprint density at radius 3 is 2.50 bits per heavy atom. The Labute approximate surface area is 151 Å². The number of ketones is 1. The van der Waals surface area contributed by atoms with Gasteiger partial charge in [0.1, 0.15) is 5.70 Å². The summed E-state index contributed by atoms with van der Waals surface area (Å²) in [5.41, 5.74) is 1.77. The molecule has 1 N–H and O–H groups in total. The summed E-state index contributed by atoms with van der Waals surface area (Å²) in [5.74, 6) is -0.358. The number of anilines is 1. The fraction of sp³-hybridized carbons (Fsp3) is 0.0909. The average Bonchev–Trinajstić information content (AvgIpc) is 2.70. The molecule has 4 heteroatoms. The Morgan fingerprint density at radius 1 is 0.923 bits per heavy atom. The fourth-order valence-electron chi connectivity index (χ4n) is 3.24. The number of para-hydroxylation sites is 1. The van der Waals surface area contributed by atoms with Crippen molar-refractivity contribution in [3.63, 3.8) is 0 Å². The summed E-state index contributed by atoms with van der Waals surface area (Å²) < 4.78 is 0. The molecule has 3 aromatic rings. The number of nitrogens with zero attached hydrogens (tertiary/aromatic N) is 1. The summed E-state index contributed by atoms with van der Waals surface area (Å²) in [4.78, 5) is 27.3. The van der Waals surface area contributed by atoms with Gasteiger partial charge in [0.25, 0.3) is 5.91 Å². The van der Waals surface area contributed by atoms with Gasteiger partial charge in [0.2, 0.25) is 0 Å². The maximum Gasteiger partial charge on any atom is 0.274 e. The molecule has 0 bridgehead atoms. The van der Waals surface area contributed by atoms with Gasteiger partial charge in [-0.3, -0.25) is 9.59 Å². The van der Waals surface area contributed by atoms with Crippen molar-refractivity contribution >= 4 is 28.2 Å². The van der Waals surface area contributed by atoms with E-state index in [2.05, 4.69) is 5.32 Å². The molecule has 128 valence electrons. The van der Waals surface area contributed by atoms with E-state index < -0.39 is 0 Å². The third-order valence-corrected chi connectivity index (χ3v) is 4.52. The van der Waals surface area contributed by atoms with Crippen LogP contribution in [-0.2, 0) is 4.79 Å². The smallest absolute Gasteiger partial charge is 0.274 e. The lowest BCUT2D eigenvalue weighted by molar-refractivity contribution is -0.116. The molecular formula is C22H18N2O2. The van der Waals surface area contributed by atoms with E-state index in [1.54, 1.807) is 11.0 Å². The van der Waals surface area contributed by atoms with E-state index in [1.807, 2.05) is 66.7 Å². The second kappa shape index (κ2) is 6.84. The van der Waals surface area contributed by atoms with Crippen LogP contribution in [0.3, 0.4) is 0 Å². The molecule has 0 radical (unpaired) electrons. The zero-order valence-corrected chi connectivity index (χ0v) is 14.2. The highest BCUT2D eigenvalue weighted by atomic mass is 16.2. The van der Waals surface area contributed by atoms with Crippen molar-refractivity contribution in [2.45, 2.75) is 0 Å². The molecule has 4 nitrogen and oxygen atoms in total. The predicted octanol–water partition coefficient (Wildman–Crippen LogP) is 3.54. The van der Waals surface area contributed by atoms with E-state index in [4.69, 9.17) is 0 Å². The first-order chi connectivity index (χ1) is 12.7. The summed E-state index contributed by atoms with van der Waals surface area (Å²) in [7, 11) is 0. The van der Waals surface area contributed by atoms with Crippen LogP contribution >= 0.6 is 0 Å². The molecule has 0 aliphatic carbocycles. The minimum atomic E-state index is -0.184. The molecule has 1 aliphatic rings. The molecule has 3 aromatic carbocycles. The molecule has 1 saturated heterocycles. The van der Waals surface area contributed by atoms with E-state index in [1.165, 1.54) is 6.08 Å². The lowest BCUT2D eigenvalue weighted by Crippen LogP contribution is -2.46. The maximum atomic E-state index is 12.8. The van der Waals surface area contributed by atoms with Gasteiger partial charge in [0, 0.05) is 30.4 Å². The van der Waals surface area contributed by atoms with E-state index in [9.17, 15) is 9.59 Å². The number of piperazine rings is 1. The van der Waals surface area contributed by atoms with Crippen molar-refractivity contribution in [3.05, 3.63) is 90.1 Å². The number of carbonyl (C=O) groups is 2. The molecule has 1 aliphatic heterocycles. The molecule has 26 heavy (non-hydrogen) atoms. The Balaban J connectivity index is 1.66. The van der Waals surface area contributed by atoms with Crippen molar-refractivity contribution in [3.8, 4) is 0 Å². The second-order valence-corrected chi connectivity index (χ2v) is 6.17. The van der Waals surface area contributed by atoms with Crippen LogP contribution in [0.25, 0.3) is 10.8 Å². The average molecular weight is 342 g/mol. The van der Waals surface area contributed by atoms with Gasteiger partial charge >= 0.3 is 0 Å². The van der Waals surface area contributed by atoms with Crippen molar-refractivity contribution in [2.75, 3.05) is 18.0 Å². The first kappa shape index (κ1) is 16.1. The zero-order valence-electron chi connectivity index (χ0n) is 14.2. The van der Waals surface area contributed by atoms with Crippen LogP contribution in [-0.4, -0.2) is 24.8 Å². The van der Waals surface area contributed by atoms with Crippen LogP contribution in [0.1, 0.15) is 10.4 Å². The quantitative estimate of drug-likeness (QED) is 0.585.